The van der Waals surface area contributed by atoms with Gasteiger partial charge in [-0.2, -0.15) is 0 Å². The van der Waals surface area contributed by atoms with Gasteiger partial charge in [0.15, 0.2) is 0 Å². The number of hydrogen-bond donors (Lipinski definition) is 0. The van der Waals surface area contributed by atoms with E-state index in [1.165, 1.54) is 0 Å². The summed E-state index contributed by atoms with van der Waals surface area (Å²) in [5, 5.41) is 0. The molecule has 1 aliphatic rings. The first-order valence-corrected chi connectivity index (χ1v) is 8.76. The van der Waals surface area contributed by atoms with Crippen LogP contribution in [-0.4, -0.2) is 26.3 Å². The van der Waals surface area contributed by atoms with E-state index in [1.807, 2.05) is 48.5 Å². The van der Waals surface area contributed by atoms with Crippen LogP contribution in [0.3, 0.4) is 0 Å². The predicted molar refractivity (Wildman–Crippen MR) is 96.3 cm³/mol. The molecule has 4 nitrogen and oxygen atoms in total. The number of benzene rings is 2. The molecule has 0 saturated carbocycles. The van der Waals surface area contributed by atoms with Crippen molar-refractivity contribution in [1.82, 2.24) is 0 Å². The lowest BCUT2D eigenvalue weighted by molar-refractivity contribution is -0.139. The first kappa shape index (κ1) is 17.3. The number of unbranched alkanes of at least 4 members (excludes halogenated alkanes) is 1. The molecule has 132 valence electrons. The summed E-state index contributed by atoms with van der Waals surface area (Å²) in [5.41, 5.74) is 2.05. The van der Waals surface area contributed by atoms with E-state index in [0.717, 1.165) is 42.1 Å². The monoisotopic (exact) mass is 340 g/mol. The highest BCUT2D eigenvalue weighted by Gasteiger charge is 2.39. The maximum absolute atomic E-state index is 12.3. The zero-order valence-corrected chi connectivity index (χ0v) is 14.7. The highest BCUT2D eigenvalue weighted by atomic mass is 16.5. The first-order chi connectivity index (χ1) is 12.2. The van der Waals surface area contributed by atoms with Crippen LogP contribution in [0.1, 0.15) is 42.7 Å². The van der Waals surface area contributed by atoms with Gasteiger partial charge in [0.2, 0.25) is 0 Å². The topological polar surface area (TPSA) is 44.8 Å². The third-order valence-corrected chi connectivity index (χ3v) is 4.61. The van der Waals surface area contributed by atoms with Gasteiger partial charge in [-0.25, -0.2) is 0 Å². The number of hydrogen-bond acceptors (Lipinski definition) is 4. The Morgan fingerprint density at radius 3 is 2.28 bits per heavy atom. The van der Waals surface area contributed by atoms with Crippen molar-refractivity contribution in [3.63, 3.8) is 0 Å². The molecule has 1 aliphatic heterocycles. The van der Waals surface area contributed by atoms with Crippen molar-refractivity contribution in [2.75, 3.05) is 20.3 Å². The van der Waals surface area contributed by atoms with Crippen molar-refractivity contribution >= 4 is 5.97 Å². The lowest BCUT2D eigenvalue weighted by atomic mass is 9.83. The van der Waals surface area contributed by atoms with Crippen molar-refractivity contribution in [2.24, 2.45) is 0 Å². The van der Waals surface area contributed by atoms with E-state index >= 15 is 0 Å². The van der Waals surface area contributed by atoms with E-state index < -0.39 is 0 Å². The fourth-order valence-corrected chi connectivity index (χ4v) is 3.14. The molecule has 4 heteroatoms. The highest BCUT2D eigenvalue weighted by Crippen LogP contribution is 2.40. The van der Waals surface area contributed by atoms with E-state index in [0.29, 0.717) is 6.61 Å². The van der Waals surface area contributed by atoms with Crippen LogP contribution < -0.4 is 9.47 Å². The van der Waals surface area contributed by atoms with Gasteiger partial charge in [0.25, 0.3) is 0 Å². The lowest BCUT2D eigenvalue weighted by Gasteiger charge is -2.17. The van der Waals surface area contributed by atoms with Crippen LogP contribution in [0.25, 0.3) is 0 Å². The molecule has 0 bridgehead atoms. The van der Waals surface area contributed by atoms with E-state index in [2.05, 4.69) is 6.92 Å². The van der Waals surface area contributed by atoms with Crippen LogP contribution in [0.15, 0.2) is 48.5 Å². The molecule has 0 radical (unpaired) electrons. The van der Waals surface area contributed by atoms with Gasteiger partial charge < -0.3 is 14.2 Å². The second kappa shape index (κ2) is 8.06. The van der Waals surface area contributed by atoms with Crippen molar-refractivity contribution in [2.45, 2.75) is 31.6 Å². The zero-order chi connectivity index (χ0) is 17.6. The molecule has 0 aromatic heterocycles. The van der Waals surface area contributed by atoms with E-state index in [9.17, 15) is 4.79 Å². The molecule has 1 heterocycles. The molecule has 2 aromatic carbocycles. The molecular weight excluding hydrogens is 316 g/mol. The van der Waals surface area contributed by atoms with Crippen LogP contribution in [0.2, 0.25) is 0 Å². The molecule has 1 saturated heterocycles. The first-order valence-electron chi connectivity index (χ1n) is 8.76. The molecule has 3 rings (SSSR count). The number of carbonyl (C=O) groups excluding carboxylic acids is 1. The minimum absolute atomic E-state index is 0.0191. The Bertz CT molecular complexity index is 691. The number of methoxy groups -OCH3 is 1. The summed E-state index contributed by atoms with van der Waals surface area (Å²) in [6.07, 6.45) is 2.16. The Morgan fingerprint density at radius 2 is 1.64 bits per heavy atom. The smallest absolute Gasteiger partial charge is 0.314 e. The average molecular weight is 340 g/mol. The standard InChI is InChI=1S/C21H24O4/c1-3-4-13-24-18-11-5-15(6-12-18)19-14-25-21(22)20(19)16-7-9-17(23-2)10-8-16/h5-12,19-20H,3-4,13-14H2,1-2H3. The summed E-state index contributed by atoms with van der Waals surface area (Å²) in [4.78, 5) is 12.3. The van der Waals surface area contributed by atoms with Crippen LogP contribution in [-0.2, 0) is 9.53 Å². The highest BCUT2D eigenvalue weighted by molar-refractivity contribution is 5.82. The molecule has 0 aliphatic carbocycles. The van der Waals surface area contributed by atoms with Gasteiger partial charge in [0, 0.05) is 5.92 Å². The van der Waals surface area contributed by atoms with Crippen LogP contribution >= 0.6 is 0 Å². The fraction of sp³-hybridized carbons (Fsp3) is 0.381. The number of ether oxygens (including phenoxy) is 3. The van der Waals surface area contributed by atoms with E-state index in [-0.39, 0.29) is 17.8 Å². The van der Waals surface area contributed by atoms with Crippen LogP contribution in [0, 0.1) is 0 Å². The maximum atomic E-state index is 12.3. The molecule has 0 spiro atoms. The largest absolute Gasteiger partial charge is 0.497 e. The maximum Gasteiger partial charge on any atom is 0.314 e. The van der Waals surface area contributed by atoms with Crippen molar-refractivity contribution in [3.05, 3.63) is 59.7 Å². The lowest BCUT2D eigenvalue weighted by Crippen LogP contribution is -2.12. The summed E-state index contributed by atoms with van der Waals surface area (Å²) in [5.74, 6) is 1.21. The minimum Gasteiger partial charge on any atom is -0.497 e. The second-order valence-corrected chi connectivity index (χ2v) is 6.26. The van der Waals surface area contributed by atoms with E-state index in [4.69, 9.17) is 14.2 Å². The third-order valence-electron chi connectivity index (χ3n) is 4.61. The van der Waals surface area contributed by atoms with Crippen molar-refractivity contribution in [1.29, 1.82) is 0 Å². The summed E-state index contributed by atoms with van der Waals surface area (Å²) in [7, 11) is 1.63. The number of rotatable bonds is 7. The SMILES string of the molecule is CCCCOc1ccc(C2COC(=O)C2c2ccc(OC)cc2)cc1. The van der Waals surface area contributed by atoms with Gasteiger partial charge in [0.1, 0.15) is 11.5 Å². The van der Waals surface area contributed by atoms with Crippen LogP contribution in [0.5, 0.6) is 11.5 Å². The summed E-state index contributed by atoms with van der Waals surface area (Å²) in [6.45, 7) is 3.28. The second-order valence-electron chi connectivity index (χ2n) is 6.26. The summed E-state index contributed by atoms with van der Waals surface area (Å²) < 4.78 is 16.3. The molecule has 2 unspecified atom stereocenters. The van der Waals surface area contributed by atoms with Crippen molar-refractivity contribution < 1.29 is 19.0 Å². The summed E-state index contributed by atoms with van der Waals surface area (Å²) >= 11 is 0. The normalized spacial score (nSPS) is 19.5. The zero-order valence-electron chi connectivity index (χ0n) is 14.7. The predicted octanol–water partition coefficient (Wildman–Crippen LogP) is 4.30. The molecule has 25 heavy (non-hydrogen) atoms. The number of esters is 1. The quantitative estimate of drug-likeness (QED) is 0.557. The molecule has 0 amide bonds. The molecular formula is C21H24O4. The van der Waals surface area contributed by atoms with Gasteiger partial charge >= 0.3 is 5.97 Å². The summed E-state index contributed by atoms with van der Waals surface area (Å²) in [6, 6.07) is 15.6. The average Bonchev–Trinajstić information content (AvgIpc) is 3.04. The van der Waals surface area contributed by atoms with Gasteiger partial charge in [-0.3, -0.25) is 4.79 Å². The van der Waals surface area contributed by atoms with Gasteiger partial charge in [-0.1, -0.05) is 37.6 Å². The molecule has 1 fully saturated rings. The fourth-order valence-electron chi connectivity index (χ4n) is 3.14. The third kappa shape index (κ3) is 3.95. The Hall–Kier alpha value is -2.49. The Kier molecular flexibility index (Phi) is 5.59. The van der Waals surface area contributed by atoms with Crippen LogP contribution in [0.4, 0.5) is 0 Å². The van der Waals surface area contributed by atoms with E-state index in [1.54, 1.807) is 7.11 Å². The molecule has 2 aromatic rings. The van der Waals surface area contributed by atoms with Crippen molar-refractivity contribution in [3.8, 4) is 11.5 Å². The number of cyclic esters (lactones) is 1. The molecule has 2 atom stereocenters. The van der Waals surface area contributed by atoms with Gasteiger partial charge in [-0.15, -0.1) is 0 Å². The van der Waals surface area contributed by atoms with Gasteiger partial charge in [0.05, 0.1) is 26.2 Å². The van der Waals surface area contributed by atoms with Gasteiger partial charge in [-0.05, 0) is 41.8 Å². The molecule has 0 N–H and O–H groups in total. The Balaban J connectivity index is 1.76. The minimum atomic E-state index is -0.280. The Labute approximate surface area is 148 Å². The number of carbonyl (C=O) groups is 1. The Morgan fingerprint density at radius 1 is 1.00 bits per heavy atom.